The average molecular weight is 251 g/mol. The van der Waals surface area contributed by atoms with Crippen LogP contribution in [0.4, 0.5) is 0 Å². The third-order valence-electron chi connectivity index (χ3n) is 2.53. The van der Waals surface area contributed by atoms with Crippen LogP contribution in [0.25, 0.3) is 0 Å². The van der Waals surface area contributed by atoms with Crippen LogP contribution in [0.15, 0.2) is 24.3 Å². The second kappa shape index (κ2) is 7.01. The van der Waals surface area contributed by atoms with E-state index >= 15 is 0 Å². The van der Waals surface area contributed by atoms with Gasteiger partial charge in [0.25, 0.3) is 0 Å². The number of hydrogen-bond acceptors (Lipinski definition) is 4. The molecule has 0 aliphatic heterocycles. The van der Waals surface area contributed by atoms with Crippen molar-refractivity contribution in [2.45, 2.75) is 32.9 Å². The van der Waals surface area contributed by atoms with Crippen molar-refractivity contribution < 1.29 is 14.3 Å². The van der Waals surface area contributed by atoms with Crippen molar-refractivity contribution in [2.75, 3.05) is 13.7 Å². The zero-order valence-corrected chi connectivity index (χ0v) is 11.4. The maximum atomic E-state index is 11.4. The molecule has 1 atom stereocenters. The van der Waals surface area contributed by atoms with Crippen molar-refractivity contribution >= 4 is 5.97 Å². The molecular formula is C14H21NO3. The Morgan fingerprint density at radius 2 is 1.94 bits per heavy atom. The monoisotopic (exact) mass is 251 g/mol. The molecule has 0 radical (unpaired) electrons. The molecule has 0 aliphatic carbocycles. The molecule has 100 valence electrons. The highest BCUT2D eigenvalue weighted by atomic mass is 16.5. The van der Waals surface area contributed by atoms with E-state index in [2.05, 4.69) is 5.32 Å². The molecule has 4 nitrogen and oxygen atoms in total. The normalized spacial score (nSPS) is 12.3. The lowest BCUT2D eigenvalue weighted by molar-refractivity contribution is -0.146. The summed E-state index contributed by atoms with van der Waals surface area (Å²) in [5.41, 5.74) is 1.03. The van der Waals surface area contributed by atoms with Crippen LogP contribution < -0.4 is 10.1 Å². The van der Waals surface area contributed by atoms with E-state index in [1.54, 1.807) is 7.11 Å². The van der Waals surface area contributed by atoms with Crippen LogP contribution in [-0.2, 0) is 9.53 Å². The van der Waals surface area contributed by atoms with Gasteiger partial charge in [0.05, 0.1) is 19.8 Å². The first kappa shape index (κ1) is 14.5. The summed E-state index contributed by atoms with van der Waals surface area (Å²) in [5.74, 6) is 0.571. The number of benzene rings is 1. The SMILES string of the molecule is COc1ccccc1[C@H](C)NCC(=O)OC(C)C. The van der Waals surface area contributed by atoms with Crippen LogP contribution in [0.1, 0.15) is 32.4 Å². The Hall–Kier alpha value is -1.55. The van der Waals surface area contributed by atoms with Crippen molar-refractivity contribution in [1.29, 1.82) is 0 Å². The lowest BCUT2D eigenvalue weighted by Crippen LogP contribution is -2.29. The number of carbonyl (C=O) groups excluding carboxylic acids is 1. The van der Waals surface area contributed by atoms with E-state index in [1.807, 2.05) is 45.0 Å². The maximum absolute atomic E-state index is 11.4. The van der Waals surface area contributed by atoms with Gasteiger partial charge in [0.1, 0.15) is 5.75 Å². The van der Waals surface area contributed by atoms with Crippen LogP contribution >= 0.6 is 0 Å². The van der Waals surface area contributed by atoms with Gasteiger partial charge in [0.15, 0.2) is 0 Å². The molecule has 0 fully saturated rings. The first-order valence-corrected chi connectivity index (χ1v) is 6.10. The quantitative estimate of drug-likeness (QED) is 0.788. The second-order valence-corrected chi connectivity index (χ2v) is 4.38. The number of nitrogens with one attached hydrogen (secondary N) is 1. The highest BCUT2D eigenvalue weighted by Crippen LogP contribution is 2.23. The second-order valence-electron chi connectivity index (χ2n) is 4.38. The summed E-state index contributed by atoms with van der Waals surface area (Å²) in [5, 5.41) is 3.12. The molecule has 0 spiro atoms. The van der Waals surface area contributed by atoms with Crippen LogP contribution in [0.2, 0.25) is 0 Å². The summed E-state index contributed by atoms with van der Waals surface area (Å²) in [6, 6.07) is 7.77. The standard InChI is InChI=1S/C14H21NO3/c1-10(2)18-14(16)9-15-11(3)12-7-5-6-8-13(12)17-4/h5-8,10-11,15H,9H2,1-4H3/t11-/m0/s1. The predicted octanol–water partition coefficient (Wildman–Crippen LogP) is 2.30. The molecule has 18 heavy (non-hydrogen) atoms. The Balaban J connectivity index is 2.55. The van der Waals surface area contributed by atoms with Gasteiger partial charge >= 0.3 is 5.97 Å². The van der Waals surface area contributed by atoms with Gasteiger partial charge in [-0.15, -0.1) is 0 Å². The molecule has 1 aromatic carbocycles. The zero-order valence-electron chi connectivity index (χ0n) is 11.4. The Morgan fingerprint density at radius 3 is 2.56 bits per heavy atom. The van der Waals surface area contributed by atoms with Gasteiger partial charge in [-0.2, -0.15) is 0 Å². The van der Waals surface area contributed by atoms with E-state index < -0.39 is 0 Å². The largest absolute Gasteiger partial charge is 0.496 e. The van der Waals surface area contributed by atoms with Crippen LogP contribution in [-0.4, -0.2) is 25.7 Å². The molecule has 4 heteroatoms. The number of methoxy groups -OCH3 is 1. The van der Waals surface area contributed by atoms with Crippen molar-refractivity contribution in [3.05, 3.63) is 29.8 Å². The average Bonchev–Trinajstić information content (AvgIpc) is 2.35. The number of esters is 1. The fraction of sp³-hybridized carbons (Fsp3) is 0.500. The smallest absolute Gasteiger partial charge is 0.320 e. The molecule has 1 N–H and O–H groups in total. The number of ether oxygens (including phenoxy) is 2. The molecule has 0 bridgehead atoms. The minimum absolute atomic E-state index is 0.0286. The summed E-state index contributed by atoms with van der Waals surface area (Å²) < 4.78 is 10.3. The van der Waals surface area contributed by atoms with Gasteiger partial charge in [0, 0.05) is 11.6 Å². The van der Waals surface area contributed by atoms with E-state index in [1.165, 1.54) is 0 Å². The van der Waals surface area contributed by atoms with Crippen molar-refractivity contribution in [2.24, 2.45) is 0 Å². The highest BCUT2D eigenvalue weighted by Gasteiger charge is 2.12. The molecule has 0 unspecified atom stereocenters. The number of hydrogen-bond donors (Lipinski definition) is 1. The molecule has 0 amide bonds. The van der Waals surface area contributed by atoms with Crippen LogP contribution in [0.5, 0.6) is 5.75 Å². The third-order valence-corrected chi connectivity index (χ3v) is 2.53. The van der Waals surface area contributed by atoms with Crippen LogP contribution in [0, 0.1) is 0 Å². The lowest BCUT2D eigenvalue weighted by Gasteiger charge is -2.17. The lowest BCUT2D eigenvalue weighted by atomic mass is 10.1. The number of rotatable bonds is 6. The first-order valence-electron chi connectivity index (χ1n) is 6.10. The molecule has 0 heterocycles. The van der Waals surface area contributed by atoms with Gasteiger partial charge < -0.3 is 14.8 Å². The number of para-hydroxylation sites is 1. The van der Waals surface area contributed by atoms with E-state index in [0.29, 0.717) is 0 Å². The fourth-order valence-electron chi connectivity index (χ4n) is 1.68. The van der Waals surface area contributed by atoms with Gasteiger partial charge in [0.2, 0.25) is 0 Å². The molecule has 0 aromatic heterocycles. The Bertz CT molecular complexity index is 390. The zero-order chi connectivity index (χ0) is 13.5. The van der Waals surface area contributed by atoms with Crippen LogP contribution in [0.3, 0.4) is 0 Å². The molecule has 0 aliphatic rings. The van der Waals surface area contributed by atoms with Crippen molar-refractivity contribution in [1.82, 2.24) is 5.32 Å². The van der Waals surface area contributed by atoms with Gasteiger partial charge in [-0.3, -0.25) is 4.79 Å². The molecular weight excluding hydrogens is 230 g/mol. The minimum atomic E-state index is -0.244. The maximum Gasteiger partial charge on any atom is 0.320 e. The summed E-state index contributed by atoms with van der Waals surface area (Å²) in [7, 11) is 1.64. The molecule has 1 aromatic rings. The van der Waals surface area contributed by atoms with E-state index in [0.717, 1.165) is 11.3 Å². The third kappa shape index (κ3) is 4.37. The topological polar surface area (TPSA) is 47.6 Å². The molecule has 0 saturated heterocycles. The Labute approximate surface area is 108 Å². The summed E-state index contributed by atoms with van der Waals surface area (Å²) >= 11 is 0. The minimum Gasteiger partial charge on any atom is -0.496 e. The van der Waals surface area contributed by atoms with Crippen molar-refractivity contribution in [3.8, 4) is 5.75 Å². The first-order chi connectivity index (χ1) is 8.54. The Kier molecular flexibility index (Phi) is 5.65. The predicted molar refractivity (Wildman–Crippen MR) is 70.6 cm³/mol. The van der Waals surface area contributed by atoms with Gasteiger partial charge in [-0.1, -0.05) is 18.2 Å². The summed E-state index contributed by atoms with van der Waals surface area (Å²) in [4.78, 5) is 11.4. The Morgan fingerprint density at radius 1 is 1.28 bits per heavy atom. The highest BCUT2D eigenvalue weighted by molar-refractivity contribution is 5.71. The molecule has 1 rings (SSSR count). The van der Waals surface area contributed by atoms with E-state index in [4.69, 9.17) is 9.47 Å². The summed E-state index contributed by atoms with van der Waals surface area (Å²) in [6.07, 6.45) is -0.0825. The fourth-order valence-corrected chi connectivity index (χ4v) is 1.68. The number of carbonyl (C=O) groups is 1. The van der Waals surface area contributed by atoms with Gasteiger partial charge in [-0.05, 0) is 26.8 Å². The van der Waals surface area contributed by atoms with Crippen molar-refractivity contribution in [3.63, 3.8) is 0 Å². The van der Waals surface area contributed by atoms with Gasteiger partial charge in [-0.25, -0.2) is 0 Å². The summed E-state index contributed by atoms with van der Waals surface area (Å²) in [6.45, 7) is 5.85. The van der Waals surface area contributed by atoms with E-state index in [9.17, 15) is 4.79 Å². The van der Waals surface area contributed by atoms with E-state index in [-0.39, 0.29) is 24.7 Å². The molecule has 0 saturated carbocycles.